The fourth-order valence-electron chi connectivity index (χ4n) is 8.47. The SMILES string of the molecule is CC/C=C\C/C=C\C/C=C\C/C=C\C/C=C\C/C=C\CCCCCCCCCCCCCCC(=O)OCC(COC(=O)CCCCCCC/C=C\CCCCC)OC(=O)CC/C=C\C/C=C\C/C=C\C/C=C\C/C=C\C/C=C\CC. The highest BCUT2D eigenvalue weighted by Gasteiger charge is 2.19. The highest BCUT2D eigenvalue weighted by Crippen LogP contribution is 2.15. The first-order chi connectivity index (χ1) is 39.5. The van der Waals surface area contributed by atoms with Crippen LogP contribution in [0.4, 0.5) is 0 Å². The molecule has 0 radical (unpaired) electrons. The van der Waals surface area contributed by atoms with Crippen molar-refractivity contribution in [1.29, 1.82) is 0 Å². The van der Waals surface area contributed by atoms with Crippen molar-refractivity contribution in [2.75, 3.05) is 13.2 Å². The molecule has 0 spiro atoms. The second-order valence-electron chi connectivity index (χ2n) is 20.9. The minimum Gasteiger partial charge on any atom is -0.462 e. The third-order valence-corrected chi connectivity index (χ3v) is 13.3. The molecule has 6 heteroatoms. The number of ether oxygens (including phenoxy) is 3. The molecule has 0 saturated carbocycles. The van der Waals surface area contributed by atoms with Crippen LogP contribution in [0.15, 0.2) is 158 Å². The van der Waals surface area contributed by atoms with Gasteiger partial charge in [0, 0.05) is 19.3 Å². The molecule has 0 heterocycles. The Morgan fingerprint density at radius 1 is 0.263 bits per heavy atom. The van der Waals surface area contributed by atoms with Gasteiger partial charge in [0.2, 0.25) is 0 Å². The molecule has 0 amide bonds. The number of rotatable bonds is 57. The van der Waals surface area contributed by atoms with E-state index in [1.165, 1.54) is 96.3 Å². The largest absolute Gasteiger partial charge is 0.462 e. The Hall–Kier alpha value is -4.97. The fraction of sp³-hybridized carbons (Fsp3) is 0.608. The van der Waals surface area contributed by atoms with Crippen LogP contribution >= 0.6 is 0 Å². The highest BCUT2D eigenvalue weighted by molar-refractivity contribution is 5.71. The highest BCUT2D eigenvalue weighted by atomic mass is 16.6. The van der Waals surface area contributed by atoms with Gasteiger partial charge >= 0.3 is 17.9 Å². The second-order valence-corrected chi connectivity index (χ2v) is 20.9. The lowest BCUT2D eigenvalue weighted by atomic mass is 10.0. The van der Waals surface area contributed by atoms with Gasteiger partial charge in [-0.25, -0.2) is 0 Å². The van der Waals surface area contributed by atoms with E-state index >= 15 is 0 Å². The Kier molecular flexibility index (Phi) is 62.4. The molecule has 0 fully saturated rings. The summed E-state index contributed by atoms with van der Waals surface area (Å²) >= 11 is 0. The van der Waals surface area contributed by atoms with E-state index in [2.05, 4.69) is 173 Å². The van der Waals surface area contributed by atoms with Crippen LogP contribution in [0.25, 0.3) is 0 Å². The Morgan fingerprint density at radius 2 is 0.512 bits per heavy atom. The van der Waals surface area contributed by atoms with Gasteiger partial charge < -0.3 is 14.2 Å². The van der Waals surface area contributed by atoms with Crippen molar-refractivity contribution in [1.82, 2.24) is 0 Å². The van der Waals surface area contributed by atoms with Crippen molar-refractivity contribution in [3.63, 3.8) is 0 Å². The van der Waals surface area contributed by atoms with Gasteiger partial charge in [-0.1, -0.05) is 275 Å². The monoisotopic (exact) mass is 1100 g/mol. The van der Waals surface area contributed by atoms with Gasteiger partial charge in [0.15, 0.2) is 6.10 Å². The lowest BCUT2D eigenvalue weighted by Crippen LogP contribution is -2.30. The zero-order valence-corrected chi connectivity index (χ0v) is 51.5. The summed E-state index contributed by atoms with van der Waals surface area (Å²) in [6.45, 7) is 6.31. The van der Waals surface area contributed by atoms with Gasteiger partial charge in [-0.05, 0) is 135 Å². The number of carbonyl (C=O) groups excluding carboxylic acids is 3. The Balaban J connectivity index is 4.35. The van der Waals surface area contributed by atoms with Crippen LogP contribution in [-0.4, -0.2) is 37.2 Å². The minimum absolute atomic E-state index is 0.117. The van der Waals surface area contributed by atoms with Crippen molar-refractivity contribution in [3.05, 3.63) is 158 Å². The summed E-state index contributed by atoms with van der Waals surface area (Å²) in [5.41, 5.74) is 0. The van der Waals surface area contributed by atoms with E-state index in [0.717, 1.165) is 128 Å². The number of allylic oxidation sites excluding steroid dienone is 26. The van der Waals surface area contributed by atoms with Crippen molar-refractivity contribution in [3.8, 4) is 0 Å². The van der Waals surface area contributed by atoms with E-state index in [1.54, 1.807) is 0 Å². The zero-order chi connectivity index (χ0) is 57.8. The molecule has 6 nitrogen and oxygen atoms in total. The lowest BCUT2D eigenvalue weighted by Gasteiger charge is -2.18. The molecule has 0 aliphatic carbocycles. The predicted octanol–water partition coefficient (Wildman–Crippen LogP) is 22.5. The van der Waals surface area contributed by atoms with Gasteiger partial charge in [-0.3, -0.25) is 14.4 Å². The third-order valence-electron chi connectivity index (χ3n) is 13.3. The van der Waals surface area contributed by atoms with Crippen LogP contribution in [-0.2, 0) is 28.6 Å². The van der Waals surface area contributed by atoms with Crippen LogP contribution < -0.4 is 0 Å². The minimum atomic E-state index is -0.830. The van der Waals surface area contributed by atoms with Crippen LogP contribution in [0.2, 0.25) is 0 Å². The molecular weight excluding hydrogens is 985 g/mol. The number of hydrogen-bond acceptors (Lipinski definition) is 6. The summed E-state index contributed by atoms with van der Waals surface area (Å²) in [7, 11) is 0. The summed E-state index contributed by atoms with van der Waals surface area (Å²) in [6.07, 6.45) is 97.0. The zero-order valence-electron chi connectivity index (χ0n) is 51.5. The van der Waals surface area contributed by atoms with E-state index in [4.69, 9.17) is 14.2 Å². The summed E-state index contributed by atoms with van der Waals surface area (Å²) in [5, 5.41) is 0. The molecule has 0 aliphatic rings. The lowest BCUT2D eigenvalue weighted by molar-refractivity contribution is -0.166. The maximum absolute atomic E-state index is 12.9. The number of hydrogen-bond donors (Lipinski definition) is 0. The summed E-state index contributed by atoms with van der Waals surface area (Å²) < 4.78 is 16.8. The van der Waals surface area contributed by atoms with Gasteiger partial charge in [-0.2, -0.15) is 0 Å². The van der Waals surface area contributed by atoms with E-state index in [-0.39, 0.29) is 31.6 Å². The first kappa shape index (κ1) is 75.0. The molecule has 450 valence electrons. The average Bonchev–Trinajstić information content (AvgIpc) is 3.46. The molecule has 0 saturated heterocycles. The third kappa shape index (κ3) is 63.9. The van der Waals surface area contributed by atoms with E-state index in [0.29, 0.717) is 19.3 Å². The fourth-order valence-corrected chi connectivity index (χ4v) is 8.47. The van der Waals surface area contributed by atoms with Crippen LogP contribution in [0.3, 0.4) is 0 Å². The summed E-state index contributed by atoms with van der Waals surface area (Å²) in [6, 6.07) is 0. The number of esters is 3. The topological polar surface area (TPSA) is 78.9 Å². The molecule has 0 bridgehead atoms. The van der Waals surface area contributed by atoms with E-state index in [9.17, 15) is 14.4 Å². The van der Waals surface area contributed by atoms with Gasteiger partial charge in [0.25, 0.3) is 0 Å². The van der Waals surface area contributed by atoms with Gasteiger partial charge in [0.05, 0.1) is 0 Å². The first-order valence-corrected chi connectivity index (χ1v) is 32.5. The molecule has 0 aliphatic heterocycles. The first-order valence-electron chi connectivity index (χ1n) is 32.5. The van der Waals surface area contributed by atoms with E-state index < -0.39 is 12.1 Å². The van der Waals surface area contributed by atoms with Gasteiger partial charge in [0.1, 0.15) is 13.2 Å². The number of carbonyl (C=O) groups is 3. The molecule has 0 aromatic carbocycles. The number of unbranched alkanes of at least 4 members (excludes halogenated alkanes) is 20. The molecule has 1 unspecified atom stereocenters. The molecule has 1 atom stereocenters. The Labute approximate surface area is 492 Å². The van der Waals surface area contributed by atoms with E-state index in [1.807, 2.05) is 6.08 Å². The Morgan fingerprint density at radius 3 is 0.825 bits per heavy atom. The van der Waals surface area contributed by atoms with Crippen molar-refractivity contribution < 1.29 is 28.6 Å². The average molecular weight is 1100 g/mol. The Bertz CT molecular complexity index is 1790. The molecule has 80 heavy (non-hydrogen) atoms. The standard InChI is InChI=1S/C74H118O6/c1-4-7-10-13-16-19-22-25-27-29-31-32-33-34-35-36-37-38-39-40-41-42-44-45-47-49-52-55-58-61-64-67-73(76)79-70-71(69-78-72(75)66-63-60-57-54-51-24-21-18-15-12-9-6-3)80-74(77)68-65-62-59-56-53-50-48-46-43-30-28-26-23-20-17-14-11-8-5-2/h7-8,10-11,16-21,25-28,31-32,34-35,37-38,43,46,50,53,59,62,71H,4-6,9,12-15,22-24,29-30,33,36,39-42,44-45,47-49,51-52,54-58,60-61,63-70H2,1-3H3/b10-7-,11-8-,19-16-,20-17-,21-18-,27-25-,28-26-,32-31-,35-34-,38-37-,46-43-,53-50-,62-59-. The second kappa shape index (κ2) is 66.5. The molecule has 0 aromatic heterocycles. The van der Waals surface area contributed by atoms with Crippen LogP contribution in [0.5, 0.6) is 0 Å². The quantitative estimate of drug-likeness (QED) is 0.0261. The van der Waals surface area contributed by atoms with Crippen molar-refractivity contribution in [2.24, 2.45) is 0 Å². The molecule has 0 rings (SSSR count). The van der Waals surface area contributed by atoms with Crippen molar-refractivity contribution >= 4 is 17.9 Å². The smallest absolute Gasteiger partial charge is 0.306 e. The predicted molar refractivity (Wildman–Crippen MR) is 348 cm³/mol. The maximum atomic E-state index is 12.9. The molecule has 0 N–H and O–H groups in total. The maximum Gasteiger partial charge on any atom is 0.306 e. The molecule has 0 aromatic rings. The summed E-state index contributed by atoms with van der Waals surface area (Å²) in [4.78, 5) is 38.2. The van der Waals surface area contributed by atoms with Crippen LogP contribution in [0.1, 0.15) is 271 Å². The van der Waals surface area contributed by atoms with Crippen LogP contribution in [0, 0.1) is 0 Å². The summed E-state index contributed by atoms with van der Waals surface area (Å²) in [5.74, 6) is -1.02. The van der Waals surface area contributed by atoms with Crippen molar-refractivity contribution in [2.45, 2.75) is 277 Å². The molecular formula is C74H118O6. The normalized spacial score (nSPS) is 13.2. The van der Waals surface area contributed by atoms with Gasteiger partial charge in [-0.15, -0.1) is 0 Å².